The van der Waals surface area contributed by atoms with Crippen LogP contribution < -0.4 is 5.32 Å². The highest BCUT2D eigenvalue weighted by Crippen LogP contribution is 2.25. The number of fused-ring (bicyclic) bond motifs is 1. The summed E-state index contributed by atoms with van der Waals surface area (Å²) in [4.78, 5) is 20.7. The third-order valence-corrected chi connectivity index (χ3v) is 5.16. The molecule has 3 aromatic rings. The Morgan fingerprint density at radius 1 is 1.23 bits per heavy atom. The van der Waals surface area contributed by atoms with Crippen molar-refractivity contribution in [1.29, 1.82) is 0 Å². The molecule has 0 aliphatic rings. The van der Waals surface area contributed by atoms with Gasteiger partial charge in [0.25, 0.3) is 0 Å². The van der Waals surface area contributed by atoms with Crippen LogP contribution in [0.25, 0.3) is 11.0 Å². The number of ether oxygens (including phenoxy) is 1. The van der Waals surface area contributed by atoms with Crippen molar-refractivity contribution < 1.29 is 14.6 Å². The third kappa shape index (κ3) is 5.35. The number of nitrogens with one attached hydrogen (secondary N) is 1. The summed E-state index contributed by atoms with van der Waals surface area (Å²) in [5.41, 5.74) is 1.56. The van der Waals surface area contributed by atoms with Gasteiger partial charge >= 0.3 is 5.97 Å². The van der Waals surface area contributed by atoms with Gasteiger partial charge in [0.1, 0.15) is 18.8 Å². The predicted octanol–water partition coefficient (Wildman–Crippen LogP) is 2.84. The Labute approximate surface area is 176 Å². The Morgan fingerprint density at radius 2 is 2.00 bits per heavy atom. The molecule has 0 bridgehead atoms. The van der Waals surface area contributed by atoms with Gasteiger partial charge in [-0.05, 0) is 23.8 Å². The summed E-state index contributed by atoms with van der Waals surface area (Å²) in [5, 5.41) is 17.0. The maximum absolute atomic E-state index is 11.6. The van der Waals surface area contributed by atoms with Crippen molar-refractivity contribution in [3.63, 3.8) is 0 Å². The molecule has 0 unspecified atom stereocenters. The third-order valence-electron chi connectivity index (χ3n) is 5.16. The Bertz CT molecular complexity index is 970. The van der Waals surface area contributed by atoms with Crippen LogP contribution in [0, 0.1) is 17.8 Å². The molecule has 0 aromatic carbocycles. The molecule has 3 heterocycles. The first-order valence-electron chi connectivity index (χ1n) is 10.2. The predicted molar refractivity (Wildman–Crippen MR) is 114 cm³/mol. The molecule has 0 atom stereocenters. The second-order valence-corrected chi connectivity index (χ2v) is 8.09. The molecule has 3 aromatic heterocycles. The van der Waals surface area contributed by atoms with E-state index in [9.17, 15) is 4.79 Å². The quantitative estimate of drug-likeness (QED) is 0.491. The lowest BCUT2D eigenvalue weighted by molar-refractivity contribution is -0.145. The van der Waals surface area contributed by atoms with Crippen LogP contribution in [-0.4, -0.2) is 48.6 Å². The van der Waals surface area contributed by atoms with E-state index in [-0.39, 0.29) is 19.8 Å². The summed E-state index contributed by atoms with van der Waals surface area (Å²) in [6, 6.07) is 2.03. The molecule has 0 aliphatic heterocycles. The minimum atomic E-state index is -0.459. The highest BCUT2D eigenvalue weighted by atomic mass is 16.5. The molecular formula is C21H30N6O3. The smallest absolute Gasteiger partial charge is 0.327 e. The van der Waals surface area contributed by atoms with Crippen molar-refractivity contribution in [2.75, 3.05) is 18.5 Å². The summed E-state index contributed by atoms with van der Waals surface area (Å²) < 4.78 is 8.49. The van der Waals surface area contributed by atoms with Crippen LogP contribution in [0.1, 0.15) is 27.7 Å². The molecule has 0 fully saturated rings. The number of anilines is 2. The first-order valence-corrected chi connectivity index (χ1v) is 10.2. The number of carbonyl (C=O) groups is 1. The number of esters is 1. The normalized spacial score (nSPS) is 11.7. The zero-order valence-electron chi connectivity index (χ0n) is 17.9. The zero-order valence-corrected chi connectivity index (χ0v) is 17.9. The van der Waals surface area contributed by atoms with E-state index in [2.05, 4.69) is 53.9 Å². The van der Waals surface area contributed by atoms with Gasteiger partial charge in [0, 0.05) is 30.5 Å². The minimum absolute atomic E-state index is 0.0206. The SMILES string of the molecule is CC(C)C(Cn1ccc2cnc(Nc3cnn(CC(=O)OCCO)c3)nc21)C(C)C. The number of hydrogen-bond donors (Lipinski definition) is 2. The fourth-order valence-electron chi connectivity index (χ4n) is 3.58. The van der Waals surface area contributed by atoms with Gasteiger partial charge in [-0.2, -0.15) is 10.1 Å². The second kappa shape index (κ2) is 9.71. The molecule has 0 saturated carbocycles. The van der Waals surface area contributed by atoms with E-state index in [1.54, 1.807) is 18.6 Å². The van der Waals surface area contributed by atoms with Crippen molar-refractivity contribution in [2.45, 2.75) is 40.8 Å². The molecule has 9 nitrogen and oxygen atoms in total. The number of aromatic nitrogens is 5. The number of nitrogens with zero attached hydrogens (tertiary/aromatic N) is 5. The second-order valence-electron chi connectivity index (χ2n) is 8.09. The average Bonchev–Trinajstić information content (AvgIpc) is 3.30. The molecule has 0 saturated heterocycles. The maximum Gasteiger partial charge on any atom is 0.327 e. The van der Waals surface area contributed by atoms with Gasteiger partial charge in [-0.15, -0.1) is 0 Å². The lowest BCUT2D eigenvalue weighted by Crippen LogP contribution is -2.21. The lowest BCUT2D eigenvalue weighted by atomic mass is 9.85. The molecular weight excluding hydrogens is 384 g/mol. The van der Waals surface area contributed by atoms with E-state index in [4.69, 9.17) is 14.8 Å². The van der Waals surface area contributed by atoms with E-state index in [0.717, 1.165) is 17.6 Å². The molecule has 0 radical (unpaired) electrons. The van der Waals surface area contributed by atoms with Crippen molar-refractivity contribution >= 4 is 28.6 Å². The average molecular weight is 415 g/mol. The number of aliphatic hydroxyl groups excluding tert-OH is 1. The van der Waals surface area contributed by atoms with Crippen LogP contribution in [0.4, 0.5) is 11.6 Å². The Hall–Kier alpha value is -2.94. The maximum atomic E-state index is 11.6. The number of aliphatic hydroxyl groups is 1. The van der Waals surface area contributed by atoms with Crippen LogP contribution in [-0.2, 0) is 22.6 Å². The summed E-state index contributed by atoms with van der Waals surface area (Å²) in [6.07, 6.45) is 7.15. The van der Waals surface area contributed by atoms with Gasteiger partial charge in [0.15, 0.2) is 0 Å². The molecule has 3 rings (SSSR count). The van der Waals surface area contributed by atoms with Gasteiger partial charge in [-0.25, -0.2) is 4.98 Å². The lowest BCUT2D eigenvalue weighted by Gasteiger charge is -2.25. The molecule has 0 spiro atoms. The first kappa shape index (κ1) is 21.8. The molecule has 9 heteroatoms. The molecule has 2 N–H and O–H groups in total. The van der Waals surface area contributed by atoms with E-state index >= 15 is 0 Å². The summed E-state index contributed by atoms with van der Waals surface area (Å²) in [6.45, 7) is 9.69. The van der Waals surface area contributed by atoms with Gasteiger partial charge in [0.05, 0.1) is 18.5 Å². The van der Waals surface area contributed by atoms with Crippen LogP contribution in [0.3, 0.4) is 0 Å². The van der Waals surface area contributed by atoms with E-state index in [1.807, 2.05) is 6.07 Å². The number of hydrogen-bond acceptors (Lipinski definition) is 7. The zero-order chi connectivity index (χ0) is 21.7. The fourth-order valence-corrected chi connectivity index (χ4v) is 3.58. The molecule has 30 heavy (non-hydrogen) atoms. The van der Waals surface area contributed by atoms with Crippen LogP contribution >= 0.6 is 0 Å². The van der Waals surface area contributed by atoms with Crippen molar-refractivity contribution in [2.24, 2.45) is 17.8 Å². The summed E-state index contributed by atoms with van der Waals surface area (Å²) in [7, 11) is 0. The molecule has 0 aliphatic carbocycles. The topological polar surface area (TPSA) is 107 Å². The van der Waals surface area contributed by atoms with E-state index in [0.29, 0.717) is 29.4 Å². The van der Waals surface area contributed by atoms with Gasteiger partial charge < -0.3 is 19.7 Å². The number of rotatable bonds is 10. The standard InChI is InChI=1S/C21H30N6O3/c1-14(2)18(15(3)4)12-26-6-5-16-9-22-21(25-20(16)26)24-17-10-23-27(11-17)13-19(29)30-8-7-28/h5-6,9-11,14-15,18,28H,7-8,12-13H2,1-4H3,(H,22,24,25). The molecule has 162 valence electrons. The van der Waals surface area contributed by atoms with Crippen LogP contribution in [0.2, 0.25) is 0 Å². The highest BCUT2D eigenvalue weighted by Gasteiger charge is 2.19. The largest absolute Gasteiger partial charge is 0.462 e. The van der Waals surface area contributed by atoms with Gasteiger partial charge in [0.2, 0.25) is 5.95 Å². The summed E-state index contributed by atoms with van der Waals surface area (Å²) >= 11 is 0. The number of carbonyl (C=O) groups excluding carboxylic acids is 1. The monoisotopic (exact) mass is 414 g/mol. The van der Waals surface area contributed by atoms with Crippen molar-refractivity contribution in [3.05, 3.63) is 30.9 Å². The van der Waals surface area contributed by atoms with Crippen LogP contribution in [0.15, 0.2) is 30.9 Å². The Morgan fingerprint density at radius 3 is 2.70 bits per heavy atom. The van der Waals surface area contributed by atoms with E-state index < -0.39 is 5.97 Å². The van der Waals surface area contributed by atoms with Crippen LogP contribution in [0.5, 0.6) is 0 Å². The van der Waals surface area contributed by atoms with Crippen molar-refractivity contribution in [3.8, 4) is 0 Å². The Balaban J connectivity index is 1.72. The van der Waals surface area contributed by atoms with Gasteiger partial charge in [-0.1, -0.05) is 27.7 Å². The van der Waals surface area contributed by atoms with Gasteiger partial charge in [-0.3, -0.25) is 9.48 Å². The molecule has 0 amide bonds. The minimum Gasteiger partial charge on any atom is -0.462 e. The van der Waals surface area contributed by atoms with Crippen molar-refractivity contribution in [1.82, 2.24) is 24.3 Å². The van der Waals surface area contributed by atoms with E-state index in [1.165, 1.54) is 4.68 Å². The Kier molecular flexibility index (Phi) is 7.04. The highest BCUT2D eigenvalue weighted by molar-refractivity contribution is 5.76. The first-order chi connectivity index (χ1) is 14.4. The fraction of sp³-hybridized carbons (Fsp3) is 0.524. The summed E-state index contributed by atoms with van der Waals surface area (Å²) in [5.74, 6) is 1.72.